The van der Waals surface area contributed by atoms with Crippen LogP contribution in [0, 0.1) is 5.92 Å². The van der Waals surface area contributed by atoms with Gasteiger partial charge in [-0.3, -0.25) is 38.1 Å². The molecule has 23 nitrogen and oxygen atoms in total. The number of primary amides is 1. The molecule has 2 heterocycles. The van der Waals surface area contributed by atoms with E-state index < -0.39 is 80.3 Å². The normalized spacial score (nSPS) is 15.8. The summed E-state index contributed by atoms with van der Waals surface area (Å²) in [6.45, 7) is 6.27. The lowest BCUT2D eigenvalue weighted by atomic mass is 10.0. The molecule has 71 heavy (non-hydrogen) atoms. The molecule has 0 saturated carbocycles. The number of halogens is 1. The highest BCUT2D eigenvalue weighted by molar-refractivity contribution is 7.46. The summed E-state index contributed by atoms with van der Waals surface area (Å²) in [5.74, 6) is -5.32. The zero-order valence-electron chi connectivity index (χ0n) is 40.0. The first kappa shape index (κ1) is 57.3. The molecular formula is C46H64ClN10O13P. The average Bonchev–Trinajstić information content (AvgIpc) is 3.99. The van der Waals surface area contributed by atoms with Crippen molar-refractivity contribution in [1.29, 1.82) is 0 Å². The number of aliphatic hydroxyl groups excluding tert-OH is 1. The van der Waals surface area contributed by atoms with E-state index in [0.29, 0.717) is 72.9 Å². The number of hydrogen-bond acceptors (Lipinski definition) is 13. The van der Waals surface area contributed by atoms with Crippen LogP contribution in [0.4, 0.5) is 5.69 Å². The highest BCUT2D eigenvalue weighted by atomic mass is 35.5. The minimum absolute atomic E-state index is 0.115. The van der Waals surface area contributed by atoms with Crippen molar-refractivity contribution >= 4 is 72.7 Å². The van der Waals surface area contributed by atoms with Crippen molar-refractivity contribution in [2.45, 2.75) is 122 Å². The molecule has 25 heteroatoms. The summed E-state index contributed by atoms with van der Waals surface area (Å²) >= 11 is 5.92. The highest BCUT2D eigenvalue weighted by Crippen LogP contribution is 2.38. The molecule has 3 aromatic rings. The van der Waals surface area contributed by atoms with Crippen molar-refractivity contribution in [3.8, 4) is 0 Å². The molecular weight excluding hydrogens is 967 g/mol. The Bertz CT molecular complexity index is 2380. The van der Waals surface area contributed by atoms with Crippen LogP contribution in [0.3, 0.4) is 0 Å². The zero-order chi connectivity index (χ0) is 52.3. The van der Waals surface area contributed by atoms with Gasteiger partial charge in [-0.2, -0.15) is 0 Å². The number of likely N-dealkylation sites (tertiary alicyclic amines) is 1. The van der Waals surface area contributed by atoms with Crippen molar-refractivity contribution in [2.24, 2.45) is 16.8 Å². The number of nitrogens with one attached hydrogen (secondary N) is 5. The van der Waals surface area contributed by atoms with E-state index in [1.807, 2.05) is 19.9 Å². The summed E-state index contributed by atoms with van der Waals surface area (Å²) in [4.78, 5) is 122. The second-order valence-corrected chi connectivity index (χ2v) is 19.0. The zero-order valence-corrected chi connectivity index (χ0v) is 41.6. The number of oxime groups is 1. The number of aliphatic hydroxyl groups is 1. The quantitative estimate of drug-likeness (QED) is 0.0217. The third-order valence-electron chi connectivity index (χ3n) is 11.2. The first-order valence-electron chi connectivity index (χ1n) is 23.1. The Kier molecular flexibility index (Phi) is 22.6. The van der Waals surface area contributed by atoms with Gasteiger partial charge >= 0.3 is 7.82 Å². The third-order valence-corrected chi connectivity index (χ3v) is 12.1. The Morgan fingerprint density at radius 1 is 0.930 bits per heavy atom. The molecule has 0 bridgehead atoms. The summed E-state index contributed by atoms with van der Waals surface area (Å²) < 4.78 is 17.7. The number of amides is 7. The highest BCUT2D eigenvalue weighted by Gasteiger charge is 2.37. The first-order valence-corrected chi connectivity index (χ1v) is 25.0. The van der Waals surface area contributed by atoms with Crippen molar-refractivity contribution in [3.05, 3.63) is 82.9 Å². The molecule has 2 aromatic carbocycles. The van der Waals surface area contributed by atoms with Gasteiger partial charge in [0.05, 0.1) is 25.3 Å². The number of imidazole rings is 1. The van der Waals surface area contributed by atoms with Crippen LogP contribution >= 0.6 is 19.4 Å². The average molecular weight is 1030 g/mol. The molecule has 0 aliphatic carbocycles. The number of aryl methyl sites for hydroxylation is 1. The molecule has 1 aliphatic heterocycles. The fourth-order valence-corrected chi connectivity index (χ4v) is 8.35. The predicted molar refractivity (Wildman–Crippen MR) is 260 cm³/mol. The second-order valence-electron chi connectivity index (χ2n) is 17.4. The molecule has 10 N–H and O–H groups in total. The van der Waals surface area contributed by atoms with Crippen LogP contribution < -0.4 is 32.3 Å². The fourth-order valence-electron chi connectivity index (χ4n) is 7.67. The summed E-state index contributed by atoms with van der Waals surface area (Å²) in [5, 5.41) is 27.6. The van der Waals surface area contributed by atoms with Crippen molar-refractivity contribution in [2.75, 3.05) is 25.1 Å². The van der Waals surface area contributed by atoms with Gasteiger partial charge in [-0.05, 0) is 93.3 Å². The lowest BCUT2D eigenvalue weighted by molar-refractivity contribution is -0.139. The van der Waals surface area contributed by atoms with E-state index in [9.17, 15) is 53.0 Å². The van der Waals surface area contributed by atoms with Crippen LogP contribution in [0.15, 0.2) is 66.2 Å². The van der Waals surface area contributed by atoms with E-state index in [2.05, 4.69) is 41.2 Å². The van der Waals surface area contributed by atoms with Gasteiger partial charge in [0.25, 0.3) is 5.91 Å². The first-order chi connectivity index (χ1) is 33.6. The minimum Gasteiger partial charge on any atom is -0.396 e. The van der Waals surface area contributed by atoms with Crippen LogP contribution in [-0.2, 0) is 55.7 Å². The number of aromatic nitrogens is 2. The maximum atomic E-state index is 14.1. The van der Waals surface area contributed by atoms with Crippen LogP contribution in [0.5, 0.6) is 0 Å². The molecule has 4 rings (SSSR count). The SMILES string of the molecule is CC(=O)N1CCC[C@H]1C(=O)N[C@@H](CC(C)C)C(=O)N[C@@H](Cc1cncn1CCCCCCO/N=C\c1cccc(NC(=O)c2ccc(Cl)cc2)c1)C(=O)N[C@@H](CO)C(=O)N[C@H](C(N)=O)[C@@H](C)OP(=O)(O)O. The molecule has 6 atom stereocenters. The van der Waals surface area contributed by atoms with E-state index in [1.54, 1.807) is 59.6 Å². The van der Waals surface area contributed by atoms with Gasteiger partial charge in [0.2, 0.25) is 35.4 Å². The van der Waals surface area contributed by atoms with E-state index in [-0.39, 0.29) is 30.6 Å². The van der Waals surface area contributed by atoms with Crippen molar-refractivity contribution in [3.63, 3.8) is 0 Å². The number of unbranched alkanes of at least 4 members (excludes halogenated alkanes) is 3. The van der Waals surface area contributed by atoms with Crippen LogP contribution in [0.25, 0.3) is 0 Å². The smallest absolute Gasteiger partial charge is 0.396 e. The lowest BCUT2D eigenvalue weighted by Gasteiger charge is -2.28. The minimum atomic E-state index is -5.14. The molecule has 388 valence electrons. The lowest BCUT2D eigenvalue weighted by Crippen LogP contribution is -2.61. The van der Waals surface area contributed by atoms with Gasteiger partial charge in [0.1, 0.15) is 36.8 Å². The van der Waals surface area contributed by atoms with Crippen LogP contribution in [0.1, 0.15) is 94.3 Å². The molecule has 0 unspecified atom stereocenters. The van der Waals surface area contributed by atoms with E-state index in [4.69, 9.17) is 22.2 Å². The molecule has 1 saturated heterocycles. The van der Waals surface area contributed by atoms with Crippen molar-refractivity contribution in [1.82, 2.24) is 35.7 Å². The molecule has 1 aromatic heterocycles. The van der Waals surface area contributed by atoms with Crippen LogP contribution in [-0.4, -0.2) is 133 Å². The Morgan fingerprint density at radius 2 is 1.61 bits per heavy atom. The number of hydrogen-bond donors (Lipinski definition) is 9. The summed E-state index contributed by atoms with van der Waals surface area (Å²) in [6.07, 6.45) is 6.88. The van der Waals surface area contributed by atoms with Gasteiger partial charge in [0.15, 0.2) is 0 Å². The molecule has 0 radical (unpaired) electrons. The van der Waals surface area contributed by atoms with E-state index >= 15 is 0 Å². The Morgan fingerprint density at radius 3 is 2.27 bits per heavy atom. The fraction of sp³-hybridized carbons (Fsp3) is 0.500. The molecule has 1 aliphatic rings. The Hall–Kier alpha value is -6.23. The van der Waals surface area contributed by atoms with Gasteiger partial charge in [-0.15, -0.1) is 0 Å². The van der Waals surface area contributed by atoms with Crippen LogP contribution in [0.2, 0.25) is 5.02 Å². The molecule has 7 amide bonds. The monoisotopic (exact) mass is 1030 g/mol. The largest absolute Gasteiger partial charge is 0.469 e. The number of carbonyl (C=O) groups excluding carboxylic acids is 7. The number of nitrogens with two attached hydrogens (primary N) is 1. The van der Waals surface area contributed by atoms with Gasteiger partial charge in [-0.1, -0.05) is 49.2 Å². The van der Waals surface area contributed by atoms with Gasteiger partial charge < -0.3 is 61.5 Å². The maximum absolute atomic E-state index is 14.1. The van der Waals surface area contributed by atoms with Gasteiger partial charge in [0, 0.05) is 54.6 Å². The number of rotatable bonds is 28. The van der Waals surface area contributed by atoms with Gasteiger partial charge in [-0.25, -0.2) is 9.55 Å². The summed E-state index contributed by atoms with van der Waals surface area (Å²) in [6, 6.07) is 6.71. The number of nitrogens with zero attached hydrogens (tertiary/aromatic N) is 4. The molecule has 1 fully saturated rings. The summed E-state index contributed by atoms with van der Waals surface area (Å²) in [5.41, 5.74) is 7.63. The second kappa shape index (κ2) is 28.0. The van der Waals surface area contributed by atoms with E-state index in [0.717, 1.165) is 19.8 Å². The Balaban J connectivity index is 1.39. The summed E-state index contributed by atoms with van der Waals surface area (Å²) in [7, 11) is -5.14. The Labute approximate surface area is 416 Å². The number of anilines is 1. The maximum Gasteiger partial charge on any atom is 0.469 e. The standard InChI is InChI=1S/C46H64ClN10O13P/c1-28(2)21-36(53-46(65)39-13-10-19-57(39)30(4)59)43(62)52-37(44(63)54-38(26-58)45(64)55-40(41(48)60)29(3)70-71(66,67)68)23-35-25-49-27-56(35)18-7-5-6-8-20-69-50-24-31-11-9-12-34(22-31)51-42(61)32-14-16-33(47)17-15-32/h9,11-12,14-17,22,24-25,27-29,36-40,58H,5-8,10,13,18-21,23,26H2,1-4H3,(H2,48,60)(H,51,61)(H,52,62)(H,53,65)(H,54,63)(H,55,64)(H2,66,67,68)/b50-24-/t29-,36+,37+,38+,39+,40+/m1/s1. The number of phosphoric acid groups is 1. The molecule has 0 spiro atoms. The number of benzene rings is 2. The topological polar surface area (TPSA) is 335 Å². The number of carbonyl (C=O) groups is 7. The van der Waals surface area contributed by atoms with E-state index in [1.165, 1.54) is 18.0 Å². The van der Waals surface area contributed by atoms with Crippen molar-refractivity contribution < 1.29 is 62.4 Å². The number of phosphoric ester groups is 1. The third kappa shape index (κ3) is 19.1. The predicted octanol–water partition coefficient (Wildman–Crippen LogP) is 1.91.